The van der Waals surface area contributed by atoms with E-state index >= 15 is 0 Å². The monoisotopic (exact) mass is 280 g/mol. The fourth-order valence-electron chi connectivity index (χ4n) is 2.58. The molecule has 0 amide bonds. The number of thioether (sulfide) groups is 1. The number of nitrogens with two attached hydrogens (primary N) is 1. The first-order chi connectivity index (χ1) is 7.99. The maximum Gasteiger partial charge on any atom is 0.164 e. The van der Waals surface area contributed by atoms with Crippen molar-refractivity contribution >= 4 is 21.6 Å². The van der Waals surface area contributed by atoms with Crippen LogP contribution in [0.5, 0.6) is 0 Å². The molecule has 0 aromatic rings. The average Bonchev–Trinajstić information content (AvgIpc) is 2.78. The highest BCUT2D eigenvalue weighted by Gasteiger charge is 2.46. The lowest BCUT2D eigenvalue weighted by Gasteiger charge is -2.45. The summed E-state index contributed by atoms with van der Waals surface area (Å²) in [5.74, 6) is 1.61. The van der Waals surface area contributed by atoms with Gasteiger partial charge in [-0.1, -0.05) is 0 Å². The molecule has 2 saturated heterocycles. The minimum absolute atomic E-state index is 0.269. The summed E-state index contributed by atoms with van der Waals surface area (Å²) in [4.78, 5) is 2.08. The molecule has 2 aliphatic rings. The molecule has 0 radical (unpaired) electrons. The van der Waals surface area contributed by atoms with Crippen LogP contribution in [0.3, 0.4) is 0 Å². The van der Waals surface area contributed by atoms with E-state index in [1.165, 1.54) is 6.26 Å². The lowest BCUT2D eigenvalue weighted by molar-refractivity contribution is 0.0686. The SMILES string of the molecule is CS(=O)(=O)C1CSCCN1C1(CN)CCOC1. The second-order valence-corrected chi connectivity index (χ2v) is 8.14. The van der Waals surface area contributed by atoms with Crippen LogP contribution in [0.15, 0.2) is 0 Å². The Balaban J connectivity index is 2.27. The highest BCUT2D eigenvalue weighted by molar-refractivity contribution is 8.00. The van der Waals surface area contributed by atoms with E-state index in [-0.39, 0.29) is 5.54 Å². The summed E-state index contributed by atoms with van der Waals surface area (Å²) < 4.78 is 29.2. The van der Waals surface area contributed by atoms with Crippen LogP contribution in [0.4, 0.5) is 0 Å². The van der Waals surface area contributed by atoms with E-state index < -0.39 is 15.2 Å². The van der Waals surface area contributed by atoms with Crippen LogP contribution < -0.4 is 5.73 Å². The van der Waals surface area contributed by atoms with E-state index in [2.05, 4.69) is 4.90 Å². The van der Waals surface area contributed by atoms with Gasteiger partial charge in [-0.05, 0) is 6.42 Å². The summed E-state index contributed by atoms with van der Waals surface area (Å²) in [6, 6.07) is 0. The molecule has 0 bridgehead atoms. The van der Waals surface area contributed by atoms with Crippen molar-refractivity contribution in [1.82, 2.24) is 4.90 Å². The van der Waals surface area contributed by atoms with Crippen molar-refractivity contribution in [3.05, 3.63) is 0 Å². The van der Waals surface area contributed by atoms with Crippen molar-refractivity contribution in [3.63, 3.8) is 0 Å². The maximum absolute atomic E-state index is 11.9. The second kappa shape index (κ2) is 5.05. The largest absolute Gasteiger partial charge is 0.379 e. The van der Waals surface area contributed by atoms with E-state index in [9.17, 15) is 8.42 Å². The first kappa shape index (κ1) is 13.6. The van der Waals surface area contributed by atoms with Crippen LogP contribution in [0.25, 0.3) is 0 Å². The van der Waals surface area contributed by atoms with Crippen molar-refractivity contribution in [2.45, 2.75) is 17.3 Å². The first-order valence-electron chi connectivity index (χ1n) is 5.81. The quantitative estimate of drug-likeness (QED) is 0.753. The molecule has 0 saturated carbocycles. The van der Waals surface area contributed by atoms with Gasteiger partial charge in [-0.3, -0.25) is 4.90 Å². The summed E-state index contributed by atoms with van der Waals surface area (Å²) >= 11 is 1.70. The normalized spacial score (nSPS) is 36.2. The lowest BCUT2D eigenvalue weighted by atomic mass is 9.96. The second-order valence-electron chi connectivity index (χ2n) is 4.78. The van der Waals surface area contributed by atoms with Crippen LogP contribution in [-0.2, 0) is 14.6 Å². The summed E-state index contributed by atoms with van der Waals surface area (Å²) in [6.07, 6.45) is 2.15. The van der Waals surface area contributed by atoms with E-state index in [0.29, 0.717) is 25.5 Å². The molecule has 0 spiro atoms. The zero-order valence-corrected chi connectivity index (χ0v) is 11.7. The van der Waals surface area contributed by atoms with E-state index in [1.54, 1.807) is 11.8 Å². The van der Waals surface area contributed by atoms with Crippen molar-refractivity contribution in [2.24, 2.45) is 5.73 Å². The zero-order chi connectivity index (χ0) is 12.5. The first-order valence-corrected chi connectivity index (χ1v) is 8.92. The molecule has 17 heavy (non-hydrogen) atoms. The molecule has 0 aromatic heterocycles. The molecular formula is C10H20N2O3S2. The summed E-state index contributed by atoms with van der Waals surface area (Å²) in [5, 5.41) is -0.411. The van der Waals surface area contributed by atoms with Gasteiger partial charge in [0, 0.05) is 37.5 Å². The topological polar surface area (TPSA) is 72.6 Å². The third-order valence-corrected chi connectivity index (χ3v) is 6.29. The van der Waals surface area contributed by atoms with Gasteiger partial charge < -0.3 is 10.5 Å². The van der Waals surface area contributed by atoms with Crippen LogP contribution in [0.1, 0.15) is 6.42 Å². The van der Waals surface area contributed by atoms with Crippen LogP contribution in [0, 0.1) is 0 Å². The number of hydrogen-bond donors (Lipinski definition) is 1. The Hall–Kier alpha value is 0.180. The minimum atomic E-state index is -3.07. The molecule has 5 nitrogen and oxygen atoms in total. The highest BCUT2D eigenvalue weighted by atomic mass is 32.2. The van der Waals surface area contributed by atoms with Crippen LogP contribution in [-0.4, -0.2) is 68.3 Å². The predicted octanol–water partition coefficient (Wildman–Crippen LogP) is -0.476. The van der Waals surface area contributed by atoms with E-state index in [4.69, 9.17) is 10.5 Å². The molecule has 2 atom stereocenters. The summed E-state index contributed by atoms with van der Waals surface area (Å²) in [6.45, 7) is 2.48. The molecule has 2 unspecified atom stereocenters. The third kappa shape index (κ3) is 2.63. The Bertz CT molecular complexity index is 366. The van der Waals surface area contributed by atoms with Crippen molar-refractivity contribution < 1.29 is 13.2 Å². The molecule has 7 heteroatoms. The number of ether oxygens (including phenoxy) is 1. The highest BCUT2D eigenvalue weighted by Crippen LogP contribution is 2.32. The van der Waals surface area contributed by atoms with Gasteiger partial charge in [0.1, 0.15) is 5.37 Å². The van der Waals surface area contributed by atoms with Gasteiger partial charge in [-0.2, -0.15) is 11.8 Å². The maximum atomic E-state index is 11.9. The number of rotatable bonds is 3. The fourth-order valence-corrected chi connectivity index (χ4v) is 5.52. The molecule has 2 aliphatic heterocycles. The fraction of sp³-hybridized carbons (Fsp3) is 1.00. The van der Waals surface area contributed by atoms with Crippen LogP contribution in [0.2, 0.25) is 0 Å². The Kier molecular flexibility index (Phi) is 4.04. The molecule has 2 fully saturated rings. The van der Waals surface area contributed by atoms with E-state index in [1.807, 2.05) is 0 Å². The summed E-state index contributed by atoms with van der Waals surface area (Å²) in [7, 11) is -3.07. The lowest BCUT2D eigenvalue weighted by Crippen LogP contribution is -2.62. The Morgan fingerprint density at radius 2 is 2.35 bits per heavy atom. The van der Waals surface area contributed by atoms with Gasteiger partial charge in [0.15, 0.2) is 9.84 Å². The Morgan fingerprint density at radius 3 is 2.88 bits per heavy atom. The Morgan fingerprint density at radius 1 is 1.59 bits per heavy atom. The molecule has 2 rings (SSSR count). The number of hydrogen-bond acceptors (Lipinski definition) is 6. The van der Waals surface area contributed by atoms with Gasteiger partial charge in [0.05, 0.1) is 12.1 Å². The van der Waals surface area contributed by atoms with Crippen LogP contribution >= 0.6 is 11.8 Å². The van der Waals surface area contributed by atoms with Crippen molar-refractivity contribution in [1.29, 1.82) is 0 Å². The van der Waals surface area contributed by atoms with E-state index in [0.717, 1.165) is 18.7 Å². The molecule has 0 aromatic carbocycles. The standard InChI is InChI=1S/C10H20N2O3S2/c1-17(13,14)9-6-16-5-3-12(9)10(7-11)2-4-15-8-10/h9H,2-8,11H2,1H3. The van der Waals surface area contributed by atoms with Gasteiger partial charge in [-0.15, -0.1) is 0 Å². The number of nitrogens with zero attached hydrogens (tertiary/aromatic N) is 1. The Labute approximate surface area is 107 Å². The third-order valence-electron chi connectivity index (χ3n) is 3.65. The number of sulfone groups is 1. The van der Waals surface area contributed by atoms with Gasteiger partial charge >= 0.3 is 0 Å². The smallest absolute Gasteiger partial charge is 0.164 e. The molecule has 100 valence electrons. The molecule has 0 aliphatic carbocycles. The molecule has 2 N–H and O–H groups in total. The average molecular weight is 280 g/mol. The van der Waals surface area contributed by atoms with Crippen molar-refractivity contribution in [2.75, 3.05) is 44.1 Å². The van der Waals surface area contributed by atoms with Gasteiger partial charge in [0.25, 0.3) is 0 Å². The van der Waals surface area contributed by atoms with Crippen molar-refractivity contribution in [3.8, 4) is 0 Å². The zero-order valence-electron chi connectivity index (χ0n) is 10.1. The molecule has 2 heterocycles. The minimum Gasteiger partial charge on any atom is -0.379 e. The summed E-state index contributed by atoms with van der Waals surface area (Å²) in [5.41, 5.74) is 5.61. The predicted molar refractivity (Wildman–Crippen MR) is 69.9 cm³/mol. The molecular weight excluding hydrogens is 260 g/mol. The van der Waals surface area contributed by atoms with Gasteiger partial charge in [-0.25, -0.2) is 8.42 Å². The van der Waals surface area contributed by atoms with Gasteiger partial charge in [0.2, 0.25) is 0 Å².